The van der Waals surface area contributed by atoms with Crippen LogP contribution in [0.3, 0.4) is 0 Å². The molecular weight excluding hydrogens is 380 g/mol. The second-order valence-electron chi connectivity index (χ2n) is 7.57. The molecule has 2 saturated heterocycles. The molecular formula is C24H30N2O4. The monoisotopic (exact) mass is 410 g/mol. The standard InChI is InChI=1S/C12H17NO2.C12H13NO2/c2*13-7-10-2-1-3-12(6-10)15-9-11-4-5-14-8-11/h1-3,6,11H,4-5,7-9,13H2;1-3,6,11H,4-5,8-9H2. The average molecular weight is 411 g/mol. The van der Waals surface area contributed by atoms with Crippen LogP contribution in [-0.2, 0) is 16.0 Å². The number of rotatable bonds is 7. The molecule has 4 rings (SSSR count). The van der Waals surface area contributed by atoms with E-state index in [1.165, 1.54) is 0 Å². The van der Waals surface area contributed by atoms with Crippen molar-refractivity contribution in [3.05, 3.63) is 59.7 Å². The van der Waals surface area contributed by atoms with Gasteiger partial charge in [0.1, 0.15) is 11.5 Å². The van der Waals surface area contributed by atoms with Gasteiger partial charge in [-0.3, -0.25) is 0 Å². The summed E-state index contributed by atoms with van der Waals surface area (Å²) in [5.41, 5.74) is 7.30. The van der Waals surface area contributed by atoms with Gasteiger partial charge in [0.25, 0.3) is 0 Å². The first-order valence-corrected chi connectivity index (χ1v) is 10.5. The SMILES string of the molecule is N#Cc1cccc(OCC2CCOC2)c1.NCc1cccc(OCC2CCOC2)c1. The number of benzene rings is 2. The first-order valence-electron chi connectivity index (χ1n) is 10.5. The number of nitriles is 1. The molecule has 2 fully saturated rings. The second kappa shape index (κ2) is 12.2. The van der Waals surface area contributed by atoms with Gasteiger partial charge < -0.3 is 24.7 Å². The summed E-state index contributed by atoms with van der Waals surface area (Å²) in [6.07, 6.45) is 2.18. The molecule has 2 atom stereocenters. The quantitative estimate of drug-likeness (QED) is 0.751. The fourth-order valence-corrected chi connectivity index (χ4v) is 3.28. The second-order valence-corrected chi connectivity index (χ2v) is 7.57. The number of nitrogens with zero attached hydrogens (tertiary/aromatic N) is 1. The molecule has 0 spiro atoms. The van der Waals surface area contributed by atoms with Gasteiger partial charge in [0.2, 0.25) is 0 Å². The smallest absolute Gasteiger partial charge is 0.120 e. The maximum absolute atomic E-state index is 8.72. The molecule has 30 heavy (non-hydrogen) atoms. The molecule has 6 nitrogen and oxygen atoms in total. The molecule has 160 valence electrons. The molecule has 2 unspecified atom stereocenters. The summed E-state index contributed by atoms with van der Waals surface area (Å²) in [6, 6.07) is 17.3. The fraction of sp³-hybridized carbons (Fsp3) is 0.458. The Morgan fingerprint density at radius 1 is 0.900 bits per heavy atom. The highest BCUT2D eigenvalue weighted by atomic mass is 16.5. The van der Waals surface area contributed by atoms with Gasteiger partial charge in [0.05, 0.1) is 38.1 Å². The third kappa shape index (κ3) is 7.34. The van der Waals surface area contributed by atoms with Gasteiger partial charge in [0.15, 0.2) is 0 Å². The average Bonchev–Trinajstić information content (AvgIpc) is 3.51. The van der Waals surface area contributed by atoms with E-state index in [1.54, 1.807) is 12.1 Å². The molecule has 2 N–H and O–H groups in total. The minimum Gasteiger partial charge on any atom is -0.493 e. The summed E-state index contributed by atoms with van der Waals surface area (Å²) in [7, 11) is 0. The van der Waals surface area contributed by atoms with Crippen LogP contribution in [0.2, 0.25) is 0 Å². The van der Waals surface area contributed by atoms with E-state index in [1.807, 2.05) is 36.4 Å². The Balaban J connectivity index is 0.000000171. The van der Waals surface area contributed by atoms with Crippen LogP contribution in [0.15, 0.2) is 48.5 Å². The van der Waals surface area contributed by atoms with Gasteiger partial charge >= 0.3 is 0 Å². The molecule has 0 saturated carbocycles. The summed E-state index contributed by atoms with van der Waals surface area (Å²) < 4.78 is 21.8. The van der Waals surface area contributed by atoms with Crippen LogP contribution in [0.5, 0.6) is 11.5 Å². The van der Waals surface area contributed by atoms with E-state index in [2.05, 4.69) is 6.07 Å². The Morgan fingerprint density at radius 2 is 1.50 bits per heavy atom. The van der Waals surface area contributed by atoms with Crippen molar-refractivity contribution >= 4 is 0 Å². The van der Waals surface area contributed by atoms with Gasteiger partial charge in [-0.05, 0) is 48.7 Å². The number of hydrogen-bond acceptors (Lipinski definition) is 6. The van der Waals surface area contributed by atoms with Crippen molar-refractivity contribution in [2.75, 3.05) is 39.6 Å². The van der Waals surface area contributed by atoms with Gasteiger partial charge in [-0.25, -0.2) is 0 Å². The Hall–Kier alpha value is -2.59. The van der Waals surface area contributed by atoms with Crippen LogP contribution >= 0.6 is 0 Å². The number of nitrogens with two attached hydrogens (primary N) is 1. The maximum atomic E-state index is 8.72. The summed E-state index contributed by atoms with van der Waals surface area (Å²) in [4.78, 5) is 0. The predicted octanol–water partition coefficient (Wildman–Crippen LogP) is 3.53. The first kappa shape index (κ1) is 22.1. The van der Waals surface area contributed by atoms with Crippen molar-refractivity contribution in [2.45, 2.75) is 19.4 Å². The van der Waals surface area contributed by atoms with Gasteiger partial charge in [-0.15, -0.1) is 0 Å². The van der Waals surface area contributed by atoms with Crippen molar-refractivity contribution in [3.63, 3.8) is 0 Å². The largest absolute Gasteiger partial charge is 0.493 e. The zero-order valence-corrected chi connectivity index (χ0v) is 17.3. The molecule has 0 aromatic heterocycles. The Morgan fingerprint density at radius 3 is 2.03 bits per heavy atom. The summed E-state index contributed by atoms with van der Waals surface area (Å²) in [5.74, 6) is 2.72. The predicted molar refractivity (Wildman–Crippen MR) is 114 cm³/mol. The van der Waals surface area contributed by atoms with Crippen molar-refractivity contribution in [1.82, 2.24) is 0 Å². The van der Waals surface area contributed by atoms with E-state index >= 15 is 0 Å². The maximum Gasteiger partial charge on any atom is 0.120 e. The summed E-state index contributed by atoms with van der Waals surface area (Å²) >= 11 is 0. The normalized spacial score (nSPS) is 20.1. The molecule has 2 aromatic carbocycles. The zero-order valence-electron chi connectivity index (χ0n) is 17.3. The van der Waals surface area contributed by atoms with Crippen LogP contribution in [0.25, 0.3) is 0 Å². The van der Waals surface area contributed by atoms with Crippen LogP contribution < -0.4 is 15.2 Å². The lowest BCUT2D eigenvalue weighted by molar-refractivity contribution is 0.167. The minimum atomic E-state index is 0.496. The van der Waals surface area contributed by atoms with Crippen LogP contribution in [-0.4, -0.2) is 39.6 Å². The number of hydrogen-bond donors (Lipinski definition) is 1. The molecule has 0 bridgehead atoms. The Labute approximate surface area is 178 Å². The lowest BCUT2D eigenvalue weighted by Crippen LogP contribution is -2.11. The molecule has 0 aliphatic carbocycles. The van der Waals surface area contributed by atoms with E-state index < -0.39 is 0 Å². The van der Waals surface area contributed by atoms with Crippen LogP contribution in [0.4, 0.5) is 0 Å². The van der Waals surface area contributed by atoms with Crippen LogP contribution in [0, 0.1) is 23.2 Å². The molecule has 2 aromatic rings. The molecule has 0 radical (unpaired) electrons. The molecule has 6 heteroatoms. The van der Waals surface area contributed by atoms with E-state index in [4.69, 9.17) is 29.9 Å². The van der Waals surface area contributed by atoms with E-state index in [-0.39, 0.29) is 0 Å². The highest BCUT2D eigenvalue weighted by Gasteiger charge is 2.16. The van der Waals surface area contributed by atoms with Crippen LogP contribution in [0.1, 0.15) is 24.0 Å². The van der Waals surface area contributed by atoms with Crippen molar-refractivity contribution in [2.24, 2.45) is 17.6 Å². The van der Waals surface area contributed by atoms with Gasteiger partial charge in [-0.1, -0.05) is 18.2 Å². The minimum absolute atomic E-state index is 0.496. The van der Waals surface area contributed by atoms with Crippen molar-refractivity contribution < 1.29 is 18.9 Å². The highest BCUT2D eigenvalue weighted by Crippen LogP contribution is 2.18. The zero-order chi connectivity index (χ0) is 21.0. The van der Waals surface area contributed by atoms with E-state index in [0.717, 1.165) is 62.9 Å². The van der Waals surface area contributed by atoms with Gasteiger partial charge in [-0.2, -0.15) is 5.26 Å². The van der Waals surface area contributed by atoms with Crippen molar-refractivity contribution in [3.8, 4) is 17.6 Å². The molecule has 2 heterocycles. The highest BCUT2D eigenvalue weighted by molar-refractivity contribution is 5.36. The lowest BCUT2D eigenvalue weighted by atomic mass is 10.1. The lowest BCUT2D eigenvalue weighted by Gasteiger charge is -2.10. The Kier molecular flexibility index (Phi) is 8.98. The summed E-state index contributed by atoms with van der Waals surface area (Å²) in [5, 5.41) is 8.72. The fourth-order valence-electron chi connectivity index (χ4n) is 3.28. The molecule has 2 aliphatic rings. The van der Waals surface area contributed by atoms with Crippen molar-refractivity contribution in [1.29, 1.82) is 5.26 Å². The number of ether oxygens (including phenoxy) is 4. The first-order chi connectivity index (χ1) is 14.8. The molecule has 2 aliphatic heterocycles. The molecule has 0 amide bonds. The Bertz CT molecular complexity index is 809. The van der Waals surface area contributed by atoms with Gasteiger partial charge in [0, 0.05) is 31.6 Å². The topological polar surface area (TPSA) is 86.7 Å². The van der Waals surface area contributed by atoms with E-state index in [0.29, 0.717) is 30.6 Å². The van der Waals surface area contributed by atoms with E-state index in [9.17, 15) is 0 Å². The third-order valence-electron chi connectivity index (χ3n) is 5.12. The summed E-state index contributed by atoms with van der Waals surface area (Å²) in [6.45, 7) is 5.31. The third-order valence-corrected chi connectivity index (χ3v) is 5.12.